The summed E-state index contributed by atoms with van der Waals surface area (Å²) in [4.78, 5) is 0. The van der Waals surface area contributed by atoms with Crippen molar-refractivity contribution in [1.29, 1.82) is 0 Å². The summed E-state index contributed by atoms with van der Waals surface area (Å²) in [6, 6.07) is 5.01. The quantitative estimate of drug-likeness (QED) is 0.871. The van der Waals surface area contributed by atoms with Crippen molar-refractivity contribution in [3.8, 4) is 0 Å². The molecule has 0 saturated heterocycles. The average Bonchev–Trinajstić information content (AvgIpc) is 2.90. The van der Waals surface area contributed by atoms with Crippen LogP contribution in [0.4, 0.5) is 0 Å². The van der Waals surface area contributed by atoms with Crippen molar-refractivity contribution in [2.24, 2.45) is 23.2 Å². The van der Waals surface area contributed by atoms with Crippen LogP contribution in [0, 0.1) is 23.2 Å². The number of nitrogens with one attached hydrogen (secondary N) is 1. The molecule has 2 unspecified atom stereocenters. The molecule has 2 atom stereocenters. The molecule has 4 bridgehead atoms. The zero-order chi connectivity index (χ0) is 13.7. The molecule has 4 fully saturated rings. The summed E-state index contributed by atoms with van der Waals surface area (Å²) in [7, 11) is 0. The minimum atomic E-state index is 0.327. The molecule has 20 heavy (non-hydrogen) atoms. The van der Waals surface area contributed by atoms with Gasteiger partial charge in [0.2, 0.25) is 0 Å². The third-order valence-corrected chi connectivity index (χ3v) is 6.47. The van der Waals surface area contributed by atoms with Gasteiger partial charge in [0.05, 0.1) is 12.3 Å². The molecule has 4 saturated carbocycles. The fourth-order valence-electron chi connectivity index (χ4n) is 5.88. The van der Waals surface area contributed by atoms with Gasteiger partial charge in [-0.25, -0.2) is 0 Å². The Morgan fingerprint density at radius 2 is 1.70 bits per heavy atom. The van der Waals surface area contributed by atoms with Crippen molar-refractivity contribution in [3.63, 3.8) is 0 Å². The number of hydrogen-bond acceptors (Lipinski definition) is 2. The van der Waals surface area contributed by atoms with Crippen molar-refractivity contribution in [2.45, 2.75) is 64.5 Å². The maximum absolute atomic E-state index is 5.55. The first kappa shape index (κ1) is 12.9. The van der Waals surface area contributed by atoms with Gasteiger partial charge < -0.3 is 9.73 Å². The lowest BCUT2D eigenvalue weighted by molar-refractivity contribution is -0.0722. The van der Waals surface area contributed by atoms with E-state index in [1.165, 1.54) is 38.5 Å². The highest BCUT2D eigenvalue weighted by atomic mass is 16.3. The van der Waals surface area contributed by atoms with Crippen molar-refractivity contribution < 1.29 is 4.42 Å². The number of furan rings is 1. The van der Waals surface area contributed by atoms with Crippen LogP contribution >= 0.6 is 0 Å². The molecule has 1 heterocycles. The van der Waals surface area contributed by atoms with Crippen molar-refractivity contribution in [3.05, 3.63) is 24.2 Å². The molecular formula is C18H27NO. The lowest BCUT2D eigenvalue weighted by Gasteiger charge is -2.59. The van der Waals surface area contributed by atoms with E-state index in [1.807, 2.05) is 6.07 Å². The highest BCUT2D eigenvalue weighted by molar-refractivity contribution is 5.08. The van der Waals surface area contributed by atoms with E-state index in [1.54, 1.807) is 6.26 Å². The molecule has 0 aromatic carbocycles. The molecule has 0 amide bonds. The molecule has 1 N–H and O–H groups in total. The van der Waals surface area contributed by atoms with Crippen LogP contribution in [-0.2, 0) is 0 Å². The van der Waals surface area contributed by atoms with Crippen molar-refractivity contribution >= 4 is 0 Å². The van der Waals surface area contributed by atoms with Crippen LogP contribution in [0.3, 0.4) is 0 Å². The number of rotatable bonds is 4. The predicted molar refractivity (Wildman–Crippen MR) is 80.3 cm³/mol. The Morgan fingerprint density at radius 1 is 1.10 bits per heavy atom. The van der Waals surface area contributed by atoms with E-state index in [0.29, 0.717) is 17.5 Å². The molecule has 0 aliphatic heterocycles. The summed E-state index contributed by atoms with van der Waals surface area (Å²) in [5, 5.41) is 3.85. The van der Waals surface area contributed by atoms with Gasteiger partial charge in [-0.15, -0.1) is 0 Å². The van der Waals surface area contributed by atoms with E-state index >= 15 is 0 Å². The zero-order valence-corrected chi connectivity index (χ0v) is 12.8. The van der Waals surface area contributed by atoms with Crippen LogP contribution in [0.25, 0.3) is 0 Å². The van der Waals surface area contributed by atoms with E-state index in [9.17, 15) is 0 Å². The first-order chi connectivity index (χ1) is 9.64. The average molecular weight is 273 g/mol. The van der Waals surface area contributed by atoms with Gasteiger partial charge >= 0.3 is 0 Å². The summed E-state index contributed by atoms with van der Waals surface area (Å²) in [5.74, 6) is 4.17. The topological polar surface area (TPSA) is 25.2 Å². The summed E-state index contributed by atoms with van der Waals surface area (Å²) in [6.45, 7) is 4.66. The molecule has 4 aliphatic rings. The Kier molecular flexibility index (Phi) is 2.99. The van der Waals surface area contributed by atoms with E-state index in [-0.39, 0.29) is 0 Å². The first-order valence-corrected chi connectivity index (χ1v) is 8.44. The minimum absolute atomic E-state index is 0.327. The maximum atomic E-state index is 5.55. The molecule has 2 heteroatoms. The third-order valence-electron chi connectivity index (χ3n) is 6.47. The van der Waals surface area contributed by atoms with E-state index < -0.39 is 0 Å². The predicted octanol–water partition coefficient (Wildman–Crippen LogP) is 4.54. The fraction of sp³-hybridized carbons (Fsp3) is 0.778. The second kappa shape index (κ2) is 4.62. The fourth-order valence-corrected chi connectivity index (χ4v) is 5.88. The SMILES string of the molecule is CC(NC(C)C12CC3CC(CC(C3)C1)C2)c1ccco1. The summed E-state index contributed by atoms with van der Waals surface area (Å²) >= 11 is 0. The normalized spacial score (nSPS) is 41.8. The van der Waals surface area contributed by atoms with Gasteiger partial charge in [0.1, 0.15) is 5.76 Å². The van der Waals surface area contributed by atoms with Gasteiger partial charge in [-0.1, -0.05) is 0 Å². The van der Waals surface area contributed by atoms with E-state index in [2.05, 4.69) is 25.2 Å². The Morgan fingerprint density at radius 3 is 2.20 bits per heavy atom. The van der Waals surface area contributed by atoms with Gasteiger partial charge in [-0.05, 0) is 87.7 Å². The molecule has 0 radical (unpaired) electrons. The molecule has 1 aromatic heterocycles. The van der Waals surface area contributed by atoms with Gasteiger partial charge in [0.25, 0.3) is 0 Å². The van der Waals surface area contributed by atoms with Crippen LogP contribution in [-0.4, -0.2) is 6.04 Å². The third kappa shape index (κ3) is 2.04. The molecular weight excluding hydrogens is 246 g/mol. The highest BCUT2D eigenvalue weighted by Crippen LogP contribution is 2.61. The summed E-state index contributed by atoms with van der Waals surface area (Å²) < 4.78 is 5.55. The first-order valence-electron chi connectivity index (χ1n) is 8.44. The minimum Gasteiger partial charge on any atom is -0.468 e. The smallest absolute Gasteiger partial charge is 0.120 e. The zero-order valence-electron chi connectivity index (χ0n) is 12.8. The van der Waals surface area contributed by atoms with Crippen LogP contribution < -0.4 is 5.32 Å². The standard InChI is InChI=1S/C18H27NO/c1-12(17-4-3-5-20-17)19-13(2)18-9-14-6-15(10-18)8-16(7-14)11-18/h3-5,12-16,19H,6-11H2,1-2H3. The second-order valence-electron chi connectivity index (χ2n) is 7.91. The van der Waals surface area contributed by atoms with Gasteiger partial charge in [0, 0.05) is 6.04 Å². The van der Waals surface area contributed by atoms with Gasteiger partial charge in [0.15, 0.2) is 0 Å². The van der Waals surface area contributed by atoms with Crippen molar-refractivity contribution in [1.82, 2.24) is 5.32 Å². The summed E-state index contributed by atoms with van der Waals surface area (Å²) in [5.41, 5.74) is 0.579. The van der Waals surface area contributed by atoms with Crippen molar-refractivity contribution in [2.75, 3.05) is 0 Å². The molecule has 2 nitrogen and oxygen atoms in total. The maximum Gasteiger partial charge on any atom is 0.120 e. The van der Waals surface area contributed by atoms with E-state index in [4.69, 9.17) is 4.42 Å². The van der Waals surface area contributed by atoms with Crippen LogP contribution in [0.15, 0.2) is 22.8 Å². The van der Waals surface area contributed by atoms with Crippen LogP contribution in [0.5, 0.6) is 0 Å². The Labute approximate surface area is 122 Å². The Hall–Kier alpha value is -0.760. The summed E-state index contributed by atoms with van der Waals surface area (Å²) in [6.07, 6.45) is 10.8. The van der Waals surface area contributed by atoms with Gasteiger partial charge in [-0.2, -0.15) is 0 Å². The Bertz CT molecular complexity index is 428. The lowest BCUT2D eigenvalue weighted by Crippen LogP contribution is -2.55. The Balaban J connectivity index is 1.49. The highest BCUT2D eigenvalue weighted by Gasteiger charge is 2.53. The van der Waals surface area contributed by atoms with E-state index in [0.717, 1.165) is 23.5 Å². The molecule has 110 valence electrons. The molecule has 0 spiro atoms. The lowest BCUT2D eigenvalue weighted by atomic mass is 9.48. The molecule has 4 aliphatic carbocycles. The molecule has 5 rings (SSSR count). The largest absolute Gasteiger partial charge is 0.468 e. The second-order valence-corrected chi connectivity index (χ2v) is 7.91. The monoisotopic (exact) mass is 273 g/mol. The molecule has 1 aromatic rings. The van der Waals surface area contributed by atoms with Crippen LogP contribution in [0.2, 0.25) is 0 Å². The number of hydrogen-bond donors (Lipinski definition) is 1. The van der Waals surface area contributed by atoms with Crippen LogP contribution in [0.1, 0.15) is 64.2 Å². The van der Waals surface area contributed by atoms with Gasteiger partial charge in [-0.3, -0.25) is 0 Å².